The average Bonchev–Trinajstić information content (AvgIpc) is 3.01. The van der Waals surface area contributed by atoms with E-state index in [1.54, 1.807) is 0 Å². The molecule has 2 aromatic carbocycles. The van der Waals surface area contributed by atoms with Crippen molar-refractivity contribution in [1.29, 1.82) is 0 Å². The van der Waals surface area contributed by atoms with E-state index in [-0.39, 0.29) is 5.54 Å². The standard InChI is InChI=1S/C22H28N2/c23-22(19-10-5-2-6-11-19)15-7-12-20-13-14-21(16-22)24(20)17-18-8-3-1-4-9-18/h1-6,8-11,20-21H,7,12-17,23H2. The van der Waals surface area contributed by atoms with Crippen LogP contribution in [-0.4, -0.2) is 17.0 Å². The summed E-state index contributed by atoms with van der Waals surface area (Å²) in [5.74, 6) is 0. The van der Waals surface area contributed by atoms with Gasteiger partial charge in [-0.2, -0.15) is 0 Å². The number of nitrogens with two attached hydrogens (primary N) is 1. The molecular formula is C22H28N2. The molecule has 0 amide bonds. The fraction of sp³-hybridized carbons (Fsp3) is 0.455. The first-order chi connectivity index (χ1) is 11.7. The maximum Gasteiger partial charge on any atom is 0.0424 e. The molecule has 2 N–H and O–H groups in total. The molecule has 3 atom stereocenters. The van der Waals surface area contributed by atoms with Crippen LogP contribution in [0, 0.1) is 0 Å². The van der Waals surface area contributed by atoms with E-state index in [1.165, 1.54) is 36.8 Å². The van der Waals surface area contributed by atoms with Crippen molar-refractivity contribution in [2.24, 2.45) is 5.73 Å². The molecule has 2 aliphatic heterocycles. The van der Waals surface area contributed by atoms with E-state index in [4.69, 9.17) is 5.73 Å². The Kier molecular flexibility index (Phi) is 4.43. The molecule has 2 heteroatoms. The molecule has 0 aromatic heterocycles. The summed E-state index contributed by atoms with van der Waals surface area (Å²) < 4.78 is 0. The van der Waals surface area contributed by atoms with E-state index in [0.717, 1.165) is 25.4 Å². The Labute approximate surface area is 145 Å². The lowest BCUT2D eigenvalue weighted by Gasteiger charge is -2.40. The monoisotopic (exact) mass is 320 g/mol. The highest BCUT2D eigenvalue weighted by Gasteiger charge is 2.41. The van der Waals surface area contributed by atoms with Gasteiger partial charge in [0.1, 0.15) is 0 Å². The summed E-state index contributed by atoms with van der Waals surface area (Å²) >= 11 is 0. The van der Waals surface area contributed by atoms with Gasteiger partial charge in [0.2, 0.25) is 0 Å². The summed E-state index contributed by atoms with van der Waals surface area (Å²) in [7, 11) is 0. The molecule has 0 saturated carbocycles. The molecule has 4 rings (SSSR count). The minimum Gasteiger partial charge on any atom is -0.321 e. The molecule has 2 aliphatic rings. The second-order valence-electron chi connectivity index (χ2n) is 7.66. The first-order valence-corrected chi connectivity index (χ1v) is 9.39. The van der Waals surface area contributed by atoms with Crippen LogP contribution >= 0.6 is 0 Å². The average molecular weight is 320 g/mol. The summed E-state index contributed by atoms with van der Waals surface area (Å²) in [6, 6.07) is 23.0. The molecule has 24 heavy (non-hydrogen) atoms. The Morgan fingerprint density at radius 1 is 0.875 bits per heavy atom. The summed E-state index contributed by atoms with van der Waals surface area (Å²) in [5.41, 5.74) is 9.54. The number of benzene rings is 2. The van der Waals surface area contributed by atoms with Gasteiger partial charge in [0, 0.05) is 24.2 Å². The molecule has 2 aromatic rings. The van der Waals surface area contributed by atoms with Gasteiger partial charge in [-0.15, -0.1) is 0 Å². The first-order valence-electron chi connectivity index (χ1n) is 9.39. The lowest BCUT2D eigenvalue weighted by Crippen LogP contribution is -2.47. The van der Waals surface area contributed by atoms with Crippen molar-refractivity contribution in [3.05, 3.63) is 71.8 Å². The minimum atomic E-state index is -0.170. The van der Waals surface area contributed by atoms with Crippen LogP contribution in [-0.2, 0) is 12.1 Å². The van der Waals surface area contributed by atoms with Gasteiger partial charge in [-0.25, -0.2) is 0 Å². The maximum atomic E-state index is 6.96. The number of nitrogens with zero attached hydrogens (tertiary/aromatic N) is 1. The normalized spacial score (nSPS) is 30.7. The van der Waals surface area contributed by atoms with E-state index in [9.17, 15) is 0 Å². The number of fused-ring (bicyclic) bond motifs is 2. The smallest absolute Gasteiger partial charge is 0.0424 e. The third-order valence-electron chi connectivity index (χ3n) is 6.09. The molecule has 0 radical (unpaired) electrons. The second-order valence-corrected chi connectivity index (χ2v) is 7.66. The Bertz CT molecular complexity index is 654. The van der Waals surface area contributed by atoms with Gasteiger partial charge in [-0.3, -0.25) is 4.90 Å². The zero-order chi connectivity index (χ0) is 16.4. The largest absolute Gasteiger partial charge is 0.321 e. The highest BCUT2D eigenvalue weighted by atomic mass is 15.2. The zero-order valence-corrected chi connectivity index (χ0v) is 14.4. The van der Waals surface area contributed by atoms with Gasteiger partial charge in [0.15, 0.2) is 0 Å². The van der Waals surface area contributed by atoms with E-state index >= 15 is 0 Å². The summed E-state index contributed by atoms with van der Waals surface area (Å²) in [6.45, 7) is 1.07. The van der Waals surface area contributed by atoms with Crippen molar-refractivity contribution in [3.63, 3.8) is 0 Å². The van der Waals surface area contributed by atoms with Crippen LogP contribution in [0.1, 0.15) is 49.7 Å². The molecule has 2 nitrogen and oxygen atoms in total. The predicted molar refractivity (Wildman–Crippen MR) is 99.6 cm³/mol. The molecule has 0 aliphatic carbocycles. The van der Waals surface area contributed by atoms with Crippen molar-refractivity contribution in [1.82, 2.24) is 4.90 Å². The Hall–Kier alpha value is -1.64. The van der Waals surface area contributed by atoms with Crippen LogP contribution < -0.4 is 5.73 Å². The Balaban J connectivity index is 1.58. The maximum absolute atomic E-state index is 6.96. The number of hydrogen-bond donors (Lipinski definition) is 1. The zero-order valence-electron chi connectivity index (χ0n) is 14.4. The van der Waals surface area contributed by atoms with Crippen molar-refractivity contribution in [2.45, 2.75) is 62.7 Å². The van der Waals surface area contributed by atoms with Crippen LogP contribution in [0.15, 0.2) is 60.7 Å². The quantitative estimate of drug-likeness (QED) is 0.905. The number of hydrogen-bond acceptors (Lipinski definition) is 2. The minimum absolute atomic E-state index is 0.170. The number of rotatable bonds is 3. The molecule has 2 fully saturated rings. The Morgan fingerprint density at radius 3 is 2.29 bits per heavy atom. The first kappa shape index (κ1) is 15.9. The van der Waals surface area contributed by atoms with Crippen LogP contribution in [0.2, 0.25) is 0 Å². The highest BCUT2D eigenvalue weighted by molar-refractivity contribution is 5.25. The van der Waals surface area contributed by atoms with E-state index < -0.39 is 0 Å². The van der Waals surface area contributed by atoms with Gasteiger partial charge < -0.3 is 5.73 Å². The van der Waals surface area contributed by atoms with Crippen molar-refractivity contribution in [2.75, 3.05) is 0 Å². The van der Waals surface area contributed by atoms with Crippen molar-refractivity contribution >= 4 is 0 Å². The summed E-state index contributed by atoms with van der Waals surface area (Å²) in [6.07, 6.45) is 7.35. The van der Waals surface area contributed by atoms with Gasteiger partial charge in [0.05, 0.1) is 0 Å². The van der Waals surface area contributed by atoms with Crippen LogP contribution in [0.5, 0.6) is 0 Å². The van der Waals surface area contributed by atoms with Crippen LogP contribution in [0.3, 0.4) is 0 Å². The van der Waals surface area contributed by atoms with Crippen molar-refractivity contribution in [3.8, 4) is 0 Å². The summed E-state index contributed by atoms with van der Waals surface area (Å²) in [5, 5.41) is 0. The molecule has 0 spiro atoms. The lowest BCUT2D eigenvalue weighted by molar-refractivity contribution is 0.121. The second kappa shape index (κ2) is 6.70. The topological polar surface area (TPSA) is 29.3 Å². The summed E-state index contributed by atoms with van der Waals surface area (Å²) in [4.78, 5) is 2.75. The van der Waals surface area contributed by atoms with Crippen LogP contribution in [0.4, 0.5) is 0 Å². The van der Waals surface area contributed by atoms with Gasteiger partial charge in [-0.1, -0.05) is 60.7 Å². The highest BCUT2D eigenvalue weighted by Crippen LogP contribution is 2.41. The van der Waals surface area contributed by atoms with Crippen LogP contribution in [0.25, 0.3) is 0 Å². The van der Waals surface area contributed by atoms with Gasteiger partial charge >= 0.3 is 0 Å². The lowest BCUT2D eigenvalue weighted by atomic mass is 9.79. The Morgan fingerprint density at radius 2 is 1.54 bits per heavy atom. The SMILES string of the molecule is NC1(c2ccccc2)CCCC2CCC(C1)N2Cc1ccccc1. The molecule has 126 valence electrons. The third-order valence-corrected chi connectivity index (χ3v) is 6.09. The fourth-order valence-electron chi connectivity index (χ4n) is 4.80. The van der Waals surface area contributed by atoms with E-state index in [2.05, 4.69) is 65.6 Å². The molecule has 2 saturated heterocycles. The molecule has 3 unspecified atom stereocenters. The molecular weight excluding hydrogens is 292 g/mol. The third kappa shape index (κ3) is 3.13. The fourth-order valence-corrected chi connectivity index (χ4v) is 4.80. The van der Waals surface area contributed by atoms with E-state index in [0.29, 0.717) is 6.04 Å². The van der Waals surface area contributed by atoms with Gasteiger partial charge in [0.25, 0.3) is 0 Å². The van der Waals surface area contributed by atoms with E-state index in [1.807, 2.05) is 0 Å². The molecule has 2 bridgehead atoms. The predicted octanol–water partition coefficient (Wildman–Crippen LogP) is 4.45. The van der Waals surface area contributed by atoms with Gasteiger partial charge in [-0.05, 0) is 49.7 Å². The van der Waals surface area contributed by atoms with Crippen molar-refractivity contribution < 1.29 is 0 Å². The molecule has 2 heterocycles.